The maximum Gasteiger partial charge on any atom is 0.314 e. The van der Waals surface area contributed by atoms with Gasteiger partial charge in [-0.3, -0.25) is 9.69 Å². The van der Waals surface area contributed by atoms with Gasteiger partial charge in [-0.25, -0.2) is 4.39 Å². The van der Waals surface area contributed by atoms with Crippen LogP contribution in [0.3, 0.4) is 0 Å². The normalized spacial score (nSPS) is 13.5. The highest BCUT2D eigenvalue weighted by Crippen LogP contribution is 2.28. The molecule has 1 aliphatic rings. The van der Waals surface area contributed by atoms with Crippen molar-refractivity contribution >= 4 is 41.0 Å². The second-order valence-corrected chi connectivity index (χ2v) is 10.5. The summed E-state index contributed by atoms with van der Waals surface area (Å²) in [6.07, 6.45) is -2.28. The zero-order valence-corrected chi connectivity index (χ0v) is 24.9. The third-order valence-electron chi connectivity index (χ3n) is 6.80. The molecule has 1 saturated heterocycles. The van der Waals surface area contributed by atoms with Crippen LogP contribution in [0.2, 0.25) is 10.0 Å². The Morgan fingerprint density at radius 3 is 2.35 bits per heavy atom. The van der Waals surface area contributed by atoms with Crippen LogP contribution < -0.4 is 15.1 Å². The minimum atomic E-state index is -2.89. The first-order valence-corrected chi connectivity index (χ1v) is 14.3. The second kappa shape index (κ2) is 15.7. The summed E-state index contributed by atoms with van der Waals surface area (Å²) in [6.45, 7) is 6.47. The van der Waals surface area contributed by atoms with Crippen molar-refractivity contribution in [3.05, 3.63) is 94.0 Å². The molecule has 0 radical (unpaired) electrons. The van der Waals surface area contributed by atoms with Gasteiger partial charge in [0.1, 0.15) is 5.82 Å². The van der Waals surface area contributed by atoms with E-state index in [9.17, 15) is 18.0 Å². The van der Waals surface area contributed by atoms with E-state index in [0.29, 0.717) is 22.1 Å². The Hall–Kier alpha value is -3.64. The van der Waals surface area contributed by atoms with Crippen LogP contribution in [-0.4, -0.2) is 67.8 Å². The number of rotatable bonds is 10. The average Bonchev–Trinajstić information content (AvgIpc) is 3.53. The van der Waals surface area contributed by atoms with Gasteiger partial charge >= 0.3 is 6.43 Å². The van der Waals surface area contributed by atoms with Crippen molar-refractivity contribution in [2.24, 2.45) is 0 Å². The molecule has 228 valence electrons. The monoisotopic (exact) mass is 634 g/mol. The van der Waals surface area contributed by atoms with Crippen LogP contribution in [-0.2, 0) is 11.3 Å². The summed E-state index contributed by atoms with van der Waals surface area (Å²) in [7, 11) is 1.99. The lowest BCUT2D eigenvalue weighted by Crippen LogP contribution is -2.48. The number of para-hydroxylation sites is 1. The molecule has 1 N–H and O–H groups in total. The molecule has 1 amide bonds. The molecule has 43 heavy (non-hydrogen) atoms. The van der Waals surface area contributed by atoms with E-state index in [1.165, 1.54) is 17.0 Å². The molecule has 1 fully saturated rings. The second-order valence-electron chi connectivity index (χ2n) is 9.65. The van der Waals surface area contributed by atoms with Gasteiger partial charge in [0, 0.05) is 61.8 Å². The summed E-state index contributed by atoms with van der Waals surface area (Å²) >= 11 is 12.0. The number of hydrogen-bond donors (Lipinski definition) is 1. The number of anilines is 2. The number of carbonyl (C=O) groups is 1. The van der Waals surface area contributed by atoms with E-state index < -0.39 is 18.1 Å². The molecule has 1 aliphatic heterocycles. The van der Waals surface area contributed by atoms with Crippen LogP contribution in [0, 0.1) is 5.82 Å². The van der Waals surface area contributed by atoms with Crippen LogP contribution in [0.15, 0.2) is 71.1 Å². The molecule has 0 atom stereocenters. The van der Waals surface area contributed by atoms with E-state index in [2.05, 4.69) is 25.3 Å². The van der Waals surface area contributed by atoms with Crippen molar-refractivity contribution in [1.82, 2.24) is 20.4 Å². The van der Waals surface area contributed by atoms with Crippen molar-refractivity contribution < 1.29 is 22.4 Å². The molecule has 13 heteroatoms. The summed E-state index contributed by atoms with van der Waals surface area (Å²) < 4.78 is 44.1. The molecule has 0 saturated carbocycles. The van der Waals surface area contributed by atoms with Gasteiger partial charge in [-0.1, -0.05) is 47.5 Å². The molecule has 1 aromatic heterocycles. The number of piperazine rings is 1. The largest absolute Gasteiger partial charge is 0.415 e. The van der Waals surface area contributed by atoms with E-state index in [0.717, 1.165) is 51.0 Å². The number of amides is 1. The van der Waals surface area contributed by atoms with Crippen LogP contribution in [0.5, 0.6) is 0 Å². The zero-order valence-electron chi connectivity index (χ0n) is 23.4. The number of nitrogens with zero attached hydrogens (tertiary/aromatic N) is 5. The van der Waals surface area contributed by atoms with Crippen LogP contribution in [0.4, 0.5) is 24.5 Å². The first-order chi connectivity index (χ1) is 20.8. The summed E-state index contributed by atoms with van der Waals surface area (Å²) in [5.74, 6) is -1.64. The van der Waals surface area contributed by atoms with Gasteiger partial charge in [-0.05, 0) is 49.5 Å². The van der Waals surface area contributed by atoms with Gasteiger partial charge in [-0.2, -0.15) is 8.78 Å². The molecule has 0 unspecified atom stereocenters. The Bertz CT molecular complexity index is 1470. The van der Waals surface area contributed by atoms with Crippen molar-refractivity contribution in [2.75, 3.05) is 56.1 Å². The molecule has 0 spiro atoms. The molecular weight excluding hydrogens is 604 g/mol. The lowest BCUT2D eigenvalue weighted by Gasteiger charge is -2.36. The number of alkyl halides is 2. The van der Waals surface area contributed by atoms with Gasteiger partial charge in [0.2, 0.25) is 12.3 Å². The topological polar surface area (TPSA) is 77.7 Å². The van der Waals surface area contributed by atoms with Crippen molar-refractivity contribution in [3.63, 3.8) is 0 Å². The van der Waals surface area contributed by atoms with E-state index in [-0.39, 0.29) is 23.6 Å². The van der Waals surface area contributed by atoms with Gasteiger partial charge < -0.3 is 19.5 Å². The maximum atomic E-state index is 14.3. The quantitative estimate of drug-likeness (QED) is 0.205. The lowest BCUT2D eigenvalue weighted by molar-refractivity contribution is -0.107. The van der Waals surface area contributed by atoms with Crippen molar-refractivity contribution in [1.29, 1.82) is 0 Å². The predicted molar refractivity (Wildman–Crippen MR) is 162 cm³/mol. The Kier molecular flexibility index (Phi) is 11.8. The van der Waals surface area contributed by atoms with E-state index in [1.807, 2.05) is 25.2 Å². The Balaban J connectivity index is 0.000000208. The fourth-order valence-corrected chi connectivity index (χ4v) is 4.71. The molecule has 5 rings (SSSR count). The molecular formula is C30H31Cl2F3N6O2. The number of likely N-dealkylation sites (N-methyl/N-ethyl adjacent to an activating group) is 1. The smallest absolute Gasteiger partial charge is 0.314 e. The first-order valence-electron chi connectivity index (χ1n) is 13.5. The Morgan fingerprint density at radius 1 is 1.00 bits per heavy atom. The van der Waals surface area contributed by atoms with E-state index in [4.69, 9.17) is 27.6 Å². The highest BCUT2D eigenvalue weighted by Gasteiger charge is 2.19. The molecule has 8 nitrogen and oxygen atoms in total. The van der Waals surface area contributed by atoms with E-state index >= 15 is 0 Å². The van der Waals surface area contributed by atoms with Gasteiger partial charge in [0.15, 0.2) is 0 Å². The molecule has 0 bridgehead atoms. The highest BCUT2D eigenvalue weighted by atomic mass is 35.5. The number of hydrogen-bond acceptors (Lipinski definition) is 7. The highest BCUT2D eigenvalue weighted by molar-refractivity contribution is 6.42. The molecule has 3 aromatic carbocycles. The summed E-state index contributed by atoms with van der Waals surface area (Å²) in [5.41, 5.74) is 2.23. The minimum Gasteiger partial charge on any atom is -0.415 e. The number of nitrogens with one attached hydrogen (secondary N) is 1. The predicted octanol–water partition coefficient (Wildman–Crippen LogP) is 6.31. The van der Waals surface area contributed by atoms with Crippen LogP contribution in [0.25, 0.3) is 11.5 Å². The van der Waals surface area contributed by atoms with Gasteiger partial charge in [0.25, 0.3) is 5.89 Å². The Labute approximate surface area is 258 Å². The zero-order chi connectivity index (χ0) is 30.8. The van der Waals surface area contributed by atoms with Crippen LogP contribution in [0.1, 0.15) is 17.9 Å². The molecule has 0 aliphatic carbocycles. The standard InChI is InChI=1S/C17H12F3N3O2.C13H19Cl2N3/c18-14-8-11(16-21-22-17(25-16)15(19)20)6-7-12(14)9-23(10-24)13-4-2-1-3-5-13;1-16-4-5-17-6-8-18(9-7-17)11-2-3-12(14)13(15)10-11/h1-8,10,15H,9H2;2-3,10,16H,4-9H2,1H3. The number of benzene rings is 3. The summed E-state index contributed by atoms with van der Waals surface area (Å²) in [6, 6.07) is 18.7. The average molecular weight is 636 g/mol. The number of aromatic nitrogens is 2. The third-order valence-corrected chi connectivity index (χ3v) is 7.54. The fraction of sp³-hybridized carbons (Fsp3) is 0.300. The maximum absolute atomic E-state index is 14.3. The van der Waals surface area contributed by atoms with E-state index in [1.54, 1.807) is 30.3 Å². The summed E-state index contributed by atoms with van der Waals surface area (Å²) in [5, 5.41) is 11.1. The van der Waals surface area contributed by atoms with Gasteiger partial charge in [0.05, 0.1) is 16.6 Å². The molecule has 4 aromatic rings. The lowest BCUT2D eigenvalue weighted by atomic mass is 10.1. The van der Waals surface area contributed by atoms with Crippen molar-refractivity contribution in [2.45, 2.75) is 13.0 Å². The first kappa shape index (κ1) is 32.3. The minimum absolute atomic E-state index is 0.0196. The van der Waals surface area contributed by atoms with Crippen molar-refractivity contribution in [3.8, 4) is 11.5 Å². The fourth-order valence-electron chi connectivity index (χ4n) is 4.42. The number of halogens is 5. The van der Waals surface area contributed by atoms with Gasteiger partial charge in [-0.15, -0.1) is 10.2 Å². The Morgan fingerprint density at radius 2 is 1.74 bits per heavy atom. The third kappa shape index (κ3) is 8.93. The molecule has 2 heterocycles. The number of carbonyl (C=O) groups excluding carboxylic acids is 1. The SMILES string of the molecule is CNCCN1CCN(c2ccc(Cl)c(Cl)c2)CC1.O=CN(Cc1ccc(-c2nnc(C(F)F)o2)cc1F)c1ccccc1. The van der Waals surface area contributed by atoms with Crippen LogP contribution >= 0.6 is 23.2 Å². The summed E-state index contributed by atoms with van der Waals surface area (Å²) in [4.78, 5) is 17.5.